The second-order valence-corrected chi connectivity index (χ2v) is 5.15. The first-order valence-corrected chi connectivity index (χ1v) is 5.94. The number of hydrogen-bond acceptors (Lipinski definition) is 1. The number of carboxylic acids is 1. The summed E-state index contributed by atoms with van der Waals surface area (Å²) >= 11 is 0. The Bertz CT molecular complexity index is 333. The van der Waals surface area contributed by atoms with Gasteiger partial charge in [-0.2, -0.15) is 0 Å². The van der Waals surface area contributed by atoms with Gasteiger partial charge in [0.05, 0.1) is 5.92 Å². The van der Waals surface area contributed by atoms with E-state index in [0.717, 1.165) is 19.3 Å². The Kier molecular flexibility index (Phi) is 4.34. The van der Waals surface area contributed by atoms with Crippen LogP contribution in [0.3, 0.4) is 0 Å². The smallest absolute Gasteiger partial charge is 0.306 e. The van der Waals surface area contributed by atoms with E-state index in [4.69, 9.17) is 5.11 Å². The minimum absolute atomic E-state index is 0.181. The number of allylic oxidation sites excluding steroid dienone is 4. The van der Waals surface area contributed by atoms with Gasteiger partial charge in [0.2, 0.25) is 0 Å². The normalized spacial score (nSPS) is 25.5. The molecule has 0 heterocycles. The van der Waals surface area contributed by atoms with Crippen molar-refractivity contribution >= 4 is 5.97 Å². The van der Waals surface area contributed by atoms with Gasteiger partial charge in [0, 0.05) is 0 Å². The molecule has 0 radical (unpaired) electrons. The van der Waals surface area contributed by atoms with Gasteiger partial charge in [-0.3, -0.25) is 4.79 Å². The molecule has 0 aromatic rings. The van der Waals surface area contributed by atoms with Crippen LogP contribution in [0.25, 0.3) is 0 Å². The van der Waals surface area contributed by atoms with Crippen LogP contribution in [0.2, 0.25) is 0 Å². The van der Waals surface area contributed by atoms with E-state index in [1.54, 1.807) is 0 Å². The Morgan fingerprint density at radius 1 is 1.44 bits per heavy atom. The molecular formula is C14H22O2. The molecule has 2 unspecified atom stereocenters. The van der Waals surface area contributed by atoms with Crippen LogP contribution >= 0.6 is 0 Å². The molecule has 0 fully saturated rings. The van der Waals surface area contributed by atoms with Gasteiger partial charge < -0.3 is 5.11 Å². The highest BCUT2D eigenvalue weighted by Gasteiger charge is 2.28. The van der Waals surface area contributed by atoms with Gasteiger partial charge in [0.1, 0.15) is 0 Å². The van der Waals surface area contributed by atoms with Crippen molar-refractivity contribution in [2.75, 3.05) is 0 Å². The number of rotatable bonds is 3. The highest BCUT2D eigenvalue weighted by molar-refractivity contribution is 5.70. The van der Waals surface area contributed by atoms with Crippen LogP contribution in [-0.4, -0.2) is 11.1 Å². The van der Waals surface area contributed by atoms with Crippen molar-refractivity contribution in [3.05, 3.63) is 22.8 Å². The first kappa shape index (κ1) is 13.0. The van der Waals surface area contributed by atoms with E-state index in [9.17, 15) is 4.79 Å². The summed E-state index contributed by atoms with van der Waals surface area (Å²) < 4.78 is 0. The average Bonchev–Trinajstić information content (AvgIpc) is 2.19. The van der Waals surface area contributed by atoms with E-state index in [0.29, 0.717) is 5.92 Å². The summed E-state index contributed by atoms with van der Waals surface area (Å²) in [6.45, 7) is 8.39. The monoisotopic (exact) mass is 222 g/mol. The summed E-state index contributed by atoms with van der Waals surface area (Å²) in [4.78, 5) is 11.1. The fraction of sp³-hybridized carbons (Fsp3) is 0.643. The van der Waals surface area contributed by atoms with Crippen molar-refractivity contribution in [1.82, 2.24) is 0 Å². The Hall–Kier alpha value is -1.05. The quantitative estimate of drug-likeness (QED) is 0.738. The minimum Gasteiger partial charge on any atom is -0.481 e. The molecule has 0 aromatic carbocycles. The Morgan fingerprint density at radius 3 is 2.56 bits per heavy atom. The Morgan fingerprint density at radius 2 is 2.06 bits per heavy atom. The molecule has 1 aliphatic rings. The molecule has 1 aliphatic carbocycles. The number of carbonyl (C=O) groups is 1. The highest BCUT2D eigenvalue weighted by atomic mass is 16.4. The molecule has 0 saturated carbocycles. The molecule has 0 aromatic heterocycles. The Labute approximate surface area is 98.1 Å². The lowest BCUT2D eigenvalue weighted by atomic mass is 9.76. The zero-order valence-electron chi connectivity index (χ0n) is 10.7. The highest BCUT2D eigenvalue weighted by Crippen LogP contribution is 2.36. The van der Waals surface area contributed by atoms with Crippen LogP contribution in [0.15, 0.2) is 22.8 Å². The zero-order chi connectivity index (χ0) is 12.3. The predicted molar refractivity (Wildman–Crippen MR) is 66.3 cm³/mol. The molecule has 0 bridgehead atoms. The number of carboxylic acid groups (broad SMARTS) is 1. The first-order chi connectivity index (χ1) is 7.41. The molecule has 0 aliphatic heterocycles. The average molecular weight is 222 g/mol. The van der Waals surface area contributed by atoms with Crippen molar-refractivity contribution in [1.29, 1.82) is 0 Å². The van der Waals surface area contributed by atoms with Crippen molar-refractivity contribution in [2.24, 2.45) is 11.8 Å². The summed E-state index contributed by atoms with van der Waals surface area (Å²) in [6, 6.07) is 0. The maximum Gasteiger partial charge on any atom is 0.306 e. The molecule has 16 heavy (non-hydrogen) atoms. The topological polar surface area (TPSA) is 37.3 Å². The summed E-state index contributed by atoms with van der Waals surface area (Å²) in [5, 5.41) is 9.10. The third kappa shape index (κ3) is 3.22. The molecule has 90 valence electrons. The lowest BCUT2D eigenvalue weighted by Gasteiger charge is -2.28. The summed E-state index contributed by atoms with van der Waals surface area (Å²) in [7, 11) is 0. The van der Waals surface area contributed by atoms with Gasteiger partial charge in [-0.15, -0.1) is 0 Å². The minimum atomic E-state index is -0.644. The maximum absolute atomic E-state index is 11.1. The van der Waals surface area contributed by atoms with Crippen LogP contribution in [-0.2, 0) is 4.79 Å². The maximum atomic E-state index is 11.1. The van der Waals surface area contributed by atoms with Gasteiger partial charge in [-0.25, -0.2) is 0 Å². The van der Waals surface area contributed by atoms with E-state index in [-0.39, 0.29) is 5.92 Å². The van der Waals surface area contributed by atoms with Crippen LogP contribution < -0.4 is 0 Å². The van der Waals surface area contributed by atoms with Crippen molar-refractivity contribution in [3.63, 3.8) is 0 Å². The van der Waals surface area contributed by atoms with Crippen LogP contribution in [0.4, 0.5) is 0 Å². The largest absolute Gasteiger partial charge is 0.481 e. The van der Waals surface area contributed by atoms with E-state index in [2.05, 4.69) is 33.8 Å². The third-order valence-corrected chi connectivity index (χ3v) is 3.57. The molecule has 1 N–H and O–H groups in total. The standard InChI is InChI=1S/C14H22O2/c1-9(2)5-6-12-8-13(14(15)16)7-10(3)11(12)4/h5,12-13H,6-8H2,1-4H3,(H,15,16). The van der Waals surface area contributed by atoms with E-state index in [1.165, 1.54) is 16.7 Å². The predicted octanol–water partition coefficient (Wildman–Crippen LogP) is 3.79. The summed E-state index contributed by atoms with van der Waals surface area (Å²) in [5.41, 5.74) is 3.98. The van der Waals surface area contributed by atoms with Gasteiger partial charge in [-0.1, -0.05) is 22.8 Å². The fourth-order valence-electron chi connectivity index (χ4n) is 2.32. The van der Waals surface area contributed by atoms with Crippen LogP contribution in [0, 0.1) is 11.8 Å². The molecule has 2 atom stereocenters. The second-order valence-electron chi connectivity index (χ2n) is 5.15. The number of aliphatic carboxylic acids is 1. The molecule has 0 amide bonds. The van der Waals surface area contributed by atoms with E-state index in [1.807, 2.05) is 0 Å². The SMILES string of the molecule is CC(C)=CCC1CC(C(=O)O)CC(C)=C1C. The van der Waals surface area contributed by atoms with E-state index >= 15 is 0 Å². The second kappa shape index (κ2) is 5.33. The molecule has 0 saturated heterocycles. The molecular weight excluding hydrogens is 200 g/mol. The van der Waals surface area contributed by atoms with Crippen molar-refractivity contribution < 1.29 is 9.90 Å². The van der Waals surface area contributed by atoms with Gasteiger partial charge in [0.25, 0.3) is 0 Å². The molecule has 2 heteroatoms. The van der Waals surface area contributed by atoms with E-state index < -0.39 is 5.97 Å². The van der Waals surface area contributed by atoms with Crippen molar-refractivity contribution in [3.8, 4) is 0 Å². The van der Waals surface area contributed by atoms with Crippen LogP contribution in [0.1, 0.15) is 47.0 Å². The molecule has 2 nitrogen and oxygen atoms in total. The molecule has 1 rings (SSSR count). The van der Waals surface area contributed by atoms with Crippen molar-refractivity contribution in [2.45, 2.75) is 47.0 Å². The third-order valence-electron chi connectivity index (χ3n) is 3.57. The van der Waals surface area contributed by atoms with Gasteiger partial charge in [0.15, 0.2) is 0 Å². The first-order valence-electron chi connectivity index (χ1n) is 5.94. The zero-order valence-corrected chi connectivity index (χ0v) is 10.7. The van der Waals surface area contributed by atoms with Crippen LogP contribution in [0.5, 0.6) is 0 Å². The summed E-state index contributed by atoms with van der Waals surface area (Å²) in [6.07, 6.45) is 4.72. The Balaban J connectivity index is 2.79. The summed E-state index contributed by atoms with van der Waals surface area (Å²) in [5.74, 6) is -0.405. The lowest BCUT2D eigenvalue weighted by molar-refractivity contribution is -0.142. The van der Waals surface area contributed by atoms with Gasteiger partial charge in [-0.05, 0) is 52.9 Å². The lowest BCUT2D eigenvalue weighted by Crippen LogP contribution is -2.23. The number of hydrogen-bond donors (Lipinski definition) is 1. The molecule has 0 spiro atoms. The van der Waals surface area contributed by atoms with Gasteiger partial charge >= 0.3 is 5.97 Å². The fourth-order valence-corrected chi connectivity index (χ4v) is 2.32.